The number of benzene rings is 1. The van der Waals surface area contributed by atoms with Crippen molar-refractivity contribution in [2.24, 2.45) is 7.05 Å². The third-order valence-electron chi connectivity index (χ3n) is 3.69. The lowest BCUT2D eigenvalue weighted by Crippen LogP contribution is -2.45. The number of piperidine rings is 1. The van der Waals surface area contributed by atoms with E-state index in [-0.39, 0.29) is 28.9 Å². The minimum absolute atomic E-state index is 0. The van der Waals surface area contributed by atoms with E-state index < -0.39 is 15.8 Å². The highest BCUT2D eigenvalue weighted by atomic mass is 35.5. The molecule has 0 unspecified atom stereocenters. The maximum absolute atomic E-state index is 12.4. The summed E-state index contributed by atoms with van der Waals surface area (Å²) in [6.45, 7) is 1.54. The number of hydrogen-bond acceptors (Lipinski definition) is 5. The van der Waals surface area contributed by atoms with E-state index >= 15 is 0 Å². The summed E-state index contributed by atoms with van der Waals surface area (Å²) in [5, 5.41) is 3.16. The molecule has 2 N–H and O–H groups in total. The lowest BCUT2D eigenvalue weighted by molar-refractivity contribution is 0.428. The molecule has 1 aromatic heterocycles. The average Bonchev–Trinajstić information content (AvgIpc) is 2.74. The van der Waals surface area contributed by atoms with Crippen molar-refractivity contribution in [3.8, 4) is 0 Å². The minimum atomic E-state index is -3.62. The molecule has 0 saturated carbocycles. The van der Waals surface area contributed by atoms with Crippen LogP contribution in [0.4, 0.5) is 0 Å². The van der Waals surface area contributed by atoms with Gasteiger partial charge in [0.15, 0.2) is 5.58 Å². The number of nitrogens with zero attached hydrogens (tertiary/aromatic N) is 1. The van der Waals surface area contributed by atoms with Crippen LogP contribution >= 0.6 is 12.4 Å². The molecule has 1 aliphatic heterocycles. The first-order valence-electron chi connectivity index (χ1n) is 6.80. The highest BCUT2D eigenvalue weighted by Gasteiger charge is 2.22. The smallest absolute Gasteiger partial charge is 0.408 e. The molecule has 0 bridgehead atoms. The van der Waals surface area contributed by atoms with E-state index in [1.54, 1.807) is 13.1 Å². The molecule has 1 aliphatic rings. The molecule has 1 fully saturated rings. The Hall–Kier alpha value is -1.35. The van der Waals surface area contributed by atoms with Crippen LogP contribution in [-0.2, 0) is 17.1 Å². The number of rotatable bonds is 3. The number of nitrogens with one attached hydrogen (secondary N) is 2. The molecule has 9 heteroatoms. The Kier molecular flexibility index (Phi) is 4.96. The van der Waals surface area contributed by atoms with Crippen LogP contribution < -0.4 is 15.8 Å². The molecule has 1 atom stereocenters. The van der Waals surface area contributed by atoms with Crippen LogP contribution in [0.15, 0.2) is 32.3 Å². The van der Waals surface area contributed by atoms with Gasteiger partial charge >= 0.3 is 5.76 Å². The molecular formula is C13H18ClN3O4S. The molecule has 122 valence electrons. The number of sulfonamides is 1. The van der Waals surface area contributed by atoms with Crippen molar-refractivity contribution in [1.29, 1.82) is 0 Å². The Morgan fingerprint density at radius 3 is 2.86 bits per heavy atom. The Morgan fingerprint density at radius 2 is 2.18 bits per heavy atom. The van der Waals surface area contributed by atoms with E-state index in [9.17, 15) is 13.2 Å². The van der Waals surface area contributed by atoms with Gasteiger partial charge in [-0.3, -0.25) is 4.57 Å². The molecule has 22 heavy (non-hydrogen) atoms. The molecule has 0 amide bonds. The van der Waals surface area contributed by atoms with Crippen LogP contribution in [-0.4, -0.2) is 32.1 Å². The zero-order valence-electron chi connectivity index (χ0n) is 12.0. The summed E-state index contributed by atoms with van der Waals surface area (Å²) >= 11 is 0. The van der Waals surface area contributed by atoms with Gasteiger partial charge in [-0.15, -0.1) is 12.4 Å². The van der Waals surface area contributed by atoms with Crippen molar-refractivity contribution in [2.75, 3.05) is 13.1 Å². The van der Waals surface area contributed by atoms with E-state index in [2.05, 4.69) is 10.0 Å². The van der Waals surface area contributed by atoms with Gasteiger partial charge in [0.05, 0.1) is 10.4 Å². The number of halogens is 1. The van der Waals surface area contributed by atoms with Crippen LogP contribution in [0.25, 0.3) is 11.1 Å². The zero-order valence-corrected chi connectivity index (χ0v) is 13.7. The summed E-state index contributed by atoms with van der Waals surface area (Å²) in [7, 11) is -2.04. The lowest BCUT2D eigenvalue weighted by Gasteiger charge is -2.23. The number of aryl methyl sites for hydroxylation is 1. The topological polar surface area (TPSA) is 93.3 Å². The van der Waals surface area contributed by atoms with E-state index in [0.717, 1.165) is 19.4 Å². The highest BCUT2D eigenvalue weighted by Crippen LogP contribution is 2.18. The second-order valence-corrected chi connectivity index (χ2v) is 6.94. The van der Waals surface area contributed by atoms with Crippen LogP contribution in [0.1, 0.15) is 12.8 Å². The fourth-order valence-corrected chi connectivity index (χ4v) is 3.81. The van der Waals surface area contributed by atoms with Gasteiger partial charge in [0.2, 0.25) is 10.0 Å². The summed E-state index contributed by atoms with van der Waals surface area (Å²) in [4.78, 5) is 11.5. The van der Waals surface area contributed by atoms with Crippen molar-refractivity contribution >= 4 is 33.5 Å². The highest BCUT2D eigenvalue weighted by molar-refractivity contribution is 7.89. The monoisotopic (exact) mass is 347 g/mol. The van der Waals surface area contributed by atoms with Gasteiger partial charge in [-0.25, -0.2) is 17.9 Å². The quantitative estimate of drug-likeness (QED) is 0.847. The second-order valence-electron chi connectivity index (χ2n) is 5.22. The molecule has 2 aromatic rings. The molecular weight excluding hydrogens is 330 g/mol. The Bertz CT molecular complexity index is 821. The van der Waals surface area contributed by atoms with Gasteiger partial charge in [-0.2, -0.15) is 0 Å². The summed E-state index contributed by atoms with van der Waals surface area (Å²) < 4.78 is 33.8. The van der Waals surface area contributed by atoms with E-state index in [4.69, 9.17) is 4.42 Å². The largest absolute Gasteiger partial charge is 0.419 e. The summed E-state index contributed by atoms with van der Waals surface area (Å²) in [5.41, 5.74) is 0.838. The predicted molar refractivity (Wildman–Crippen MR) is 84.9 cm³/mol. The van der Waals surface area contributed by atoms with E-state index in [1.807, 2.05) is 0 Å². The van der Waals surface area contributed by atoms with Gasteiger partial charge in [0, 0.05) is 25.7 Å². The maximum atomic E-state index is 12.4. The minimum Gasteiger partial charge on any atom is -0.408 e. The summed E-state index contributed by atoms with van der Waals surface area (Å²) in [6.07, 6.45) is 1.76. The molecule has 0 spiro atoms. The summed E-state index contributed by atoms with van der Waals surface area (Å²) in [5.74, 6) is -0.510. The van der Waals surface area contributed by atoms with Crippen molar-refractivity contribution in [3.05, 3.63) is 28.7 Å². The SMILES string of the molecule is Cl.Cn1c(=O)oc2cc(S(=O)(=O)N[C@H]3CCCNC3)ccc21. The summed E-state index contributed by atoms with van der Waals surface area (Å²) in [6, 6.07) is 4.33. The number of aromatic nitrogens is 1. The second kappa shape index (κ2) is 6.41. The van der Waals surface area contributed by atoms with Crippen LogP contribution in [0.2, 0.25) is 0 Å². The molecule has 1 saturated heterocycles. The standard InChI is InChI=1S/C13H17N3O4S.ClH/c1-16-11-5-4-10(7-12(11)20-13(16)17)21(18,19)15-9-3-2-6-14-8-9;/h4-5,7,9,14-15H,2-3,6,8H2,1H3;1H/t9-;/m0./s1. The van der Waals surface area contributed by atoms with Gasteiger partial charge in [0.1, 0.15) is 0 Å². The van der Waals surface area contributed by atoms with Gasteiger partial charge in [-0.1, -0.05) is 0 Å². The first kappa shape index (κ1) is 17.0. The van der Waals surface area contributed by atoms with Crippen LogP contribution in [0, 0.1) is 0 Å². The maximum Gasteiger partial charge on any atom is 0.419 e. The predicted octanol–water partition coefficient (Wildman–Crippen LogP) is 0.584. The third kappa shape index (κ3) is 3.19. The fraction of sp³-hybridized carbons (Fsp3) is 0.462. The Balaban J connectivity index is 0.00000176. The fourth-order valence-electron chi connectivity index (χ4n) is 2.52. The van der Waals surface area contributed by atoms with Crippen LogP contribution in [0.3, 0.4) is 0 Å². The first-order valence-corrected chi connectivity index (χ1v) is 8.28. The molecule has 7 nitrogen and oxygen atoms in total. The molecule has 2 heterocycles. The average molecular weight is 348 g/mol. The van der Waals surface area contributed by atoms with E-state index in [1.165, 1.54) is 16.7 Å². The first-order chi connectivity index (χ1) is 9.97. The lowest BCUT2D eigenvalue weighted by atomic mass is 10.1. The number of oxazole rings is 1. The normalized spacial score (nSPS) is 19.0. The number of hydrogen-bond donors (Lipinski definition) is 2. The van der Waals surface area contributed by atoms with Crippen molar-refractivity contribution < 1.29 is 12.8 Å². The van der Waals surface area contributed by atoms with E-state index in [0.29, 0.717) is 12.1 Å². The van der Waals surface area contributed by atoms with Crippen molar-refractivity contribution in [2.45, 2.75) is 23.8 Å². The zero-order chi connectivity index (χ0) is 15.0. The number of fused-ring (bicyclic) bond motifs is 1. The van der Waals surface area contributed by atoms with Crippen molar-refractivity contribution in [3.63, 3.8) is 0 Å². The molecule has 1 aromatic carbocycles. The van der Waals surface area contributed by atoms with Gasteiger partial charge in [-0.05, 0) is 31.5 Å². The third-order valence-corrected chi connectivity index (χ3v) is 5.21. The van der Waals surface area contributed by atoms with Crippen LogP contribution in [0.5, 0.6) is 0 Å². The molecule has 3 rings (SSSR count). The Morgan fingerprint density at radius 1 is 1.41 bits per heavy atom. The van der Waals surface area contributed by atoms with Gasteiger partial charge < -0.3 is 9.73 Å². The van der Waals surface area contributed by atoms with Gasteiger partial charge in [0.25, 0.3) is 0 Å². The van der Waals surface area contributed by atoms with Crippen molar-refractivity contribution in [1.82, 2.24) is 14.6 Å². The molecule has 0 radical (unpaired) electrons. The molecule has 0 aliphatic carbocycles. The Labute approximate surface area is 134 Å².